The second-order valence-electron chi connectivity index (χ2n) is 6.88. The first-order valence-electron chi connectivity index (χ1n) is 10.1. The number of rotatable bonds is 10. The average Bonchev–Trinajstić information content (AvgIpc) is 3.45. The molecule has 0 spiro atoms. The Morgan fingerprint density at radius 3 is 2.65 bits per heavy atom. The van der Waals surface area contributed by atoms with Crippen molar-refractivity contribution in [2.24, 2.45) is 0 Å². The fourth-order valence-corrected chi connectivity index (χ4v) is 4.83. The van der Waals surface area contributed by atoms with Gasteiger partial charge in [-0.3, -0.25) is 4.57 Å². The Morgan fingerprint density at radius 1 is 1.10 bits per heavy atom. The van der Waals surface area contributed by atoms with Crippen LogP contribution in [0.3, 0.4) is 0 Å². The Morgan fingerprint density at radius 2 is 1.90 bits per heavy atom. The molecule has 158 valence electrons. The van der Waals surface area contributed by atoms with E-state index in [9.17, 15) is 0 Å². The molecule has 31 heavy (non-hydrogen) atoms. The van der Waals surface area contributed by atoms with E-state index in [1.165, 1.54) is 5.56 Å². The van der Waals surface area contributed by atoms with E-state index in [1.807, 2.05) is 41.0 Å². The lowest BCUT2D eigenvalue weighted by molar-refractivity contribution is 0.289. The largest absolute Gasteiger partial charge is 0.486 e. The molecule has 0 amide bonds. The molecule has 2 aromatic carbocycles. The van der Waals surface area contributed by atoms with E-state index in [4.69, 9.17) is 9.72 Å². The van der Waals surface area contributed by atoms with Gasteiger partial charge in [-0.15, -0.1) is 28.1 Å². The second-order valence-corrected chi connectivity index (χ2v) is 8.68. The van der Waals surface area contributed by atoms with Gasteiger partial charge in [-0.05, 0) is 24.1 Å². The van der Waals surface area contributed by atoms with Gasteiger partial charge in [-0.2, -0.15) is 0 Å². The smallest absolute Gasteiger partial charge is 0.191 e. The molecule has 5 nitrogen and oxygen atoms in total. The standard InChI is InChI=1S/C24H24N4OS2/c1-3-14-28-22(15-29-21-12-10-18(4-2)11-13-21)26-27-24(28)31-17-20-16-30-23(25-20)19-8-6-5-7-9-19/h3,5-13,16H,1,4,14-15,17H2,2H3. The molecular weight excluding hydrogens is 424 g/mol. The first-order valence-corrected chi connectivity index (χ1v) is 12.0. The van der Waals surface area contributed by atoms with E-state index < -0.39 is 0 Å². The molecule has 4 aromatic rings. The summed E-state index contributed by atoms with van der Waals surface area (Å²) in [6, 6.07) is 18.4. The summed E-state index contributed by atoms with van der Waals surface area (Å²) in [4.78, 5) is 4.76. The molecule has 2 heterocycles. The molecule has 0 radical (unpaired) electrons. The average molecular weight is 449 g/mol. The van der Waals surface area contributed by atoms with Crippen LogP contribution in [0.4, 0.5) is 0 Å². The van der Waals surface area contributed by atoms with Gasteiger partial charge in [0.15, 0.2) is 11.0 Å². The molecule has 0 saturated heterocycles. The quantitative estimate of drug-likeness (QED) is 0.219. The molecule has 0 saturated carbocycles. The van der Waals surface area contributed by atoms with Crippen molar-refractivity contribution in [3.05, 3.63) is 89.7 Å². The second kappa shape index (κ2) is 10.4. The van der Waals surface area contributed by atoms with Gasteiger partial charge in [0.05, 0.1) is 5.69 Å². The number of ether oxygens (including phenoxy) is 1. The first kappa shape index (κ1) is 21.3. The predicted molar refractivity (Wildman–Crippen MR) is 127 cm³/mol. The van der Waals surface area contributed by atoms with E-state index in [1.54, 1.807) is 23.1 Å². The number of hydrogen-bond acceptors (Lipinski definition) is 6. The summed E-state index contributed by atoms with van der Waals surface area (Å²) in [6.07, 6.45) is 2.86. The van der Waals surface area contributed by atoms with Gasteiger partial charge in [0.1, 0.15) is 17.4 Å². The highest BCUT2D eigenvalue weighted by Gasteiger charge is 2.14. The lowest BCUT2D eigenvalue weighted by Crippen LogP contribution is -2.07. The summed E-state index contributed by atoms with van der Waals surface area (Å²) in [7, 11) is 0. The number of thiazole rings is 1. The van der Waals surface area contributed by atoms with Gasteiger partial charge in [0.25, 0.3) is 0 Å². The van der Waals surface area contributed by atoms with Crippen molar-refractivity contribution in [3.63, 3.8) is 0 Å². The zero-order valence-electron chi connectivity index (χ0n) is 17.4. The number of hydrogen-bond donors (Lipinski definition) is 0. The zero-order chi connectivity index (χ0) is 21.5. The minimum atomic E-state index is 0.363. The summed E-state index contributed by atoms with van der Waals surface area (Å²) in [6.45, 7) is 7.01. The molecule has 0 aliphatic heterocycles. The number of benzene rings is 2. The van der Waals surface area contributed by atoms with Crippen molar-refractivity contribution in [3.8, 4) is 16.3 Å². The van der Waals surface area contributed by atoms with Crippen LogP contribution in [0.1, 0.15) is 24.0 Å². The van der Waals surface area contributed by atoms with Crippen LogP contribution in [0.25, 0.3) is 10.6 Å². The normalized spacial score (nSPS) is 10.9. The maximum Gasteiger partial charge on any atom is 0.191 e. The molecule has 7 heteroatoms. The highest BCUT2D eigenvalue weighted by molar-refractivity contribution is 7.98. The zero-order valence-corrected chi connectivity index (χ0v) is 19.0. The summed E-state index contributed by atoms with van der Waals surface area (Å²) >= 11 is 3.29. The van der Waals surface area contributed by atoms with Crippen molar-refractivity contribution >= 4 is 23.1 Å². The third-order valence-corrected chi connectivity index (χ3v) is 6.67. The number of nitrogens with zero attached hydrogens (tertiary/aromatic N) is 4. The topological polar surface area (TPSA) is 52.8 Å². The number of allylic oxidation sites excluding steroid dienone is 1. The number of aryl methyl sites for hydroxylation is 1. The van der Waals surface area contributed by atoms with Gasteiger partial charge in [-0.25, -0.2) is 4.98 Å². The SMILES string of the molecule is C=CCn1c(COc2ccc(CC)cc2)nnc1SCc1csc(-c2ccccc2)n1. The van der Waals surface area contributed by atoms with Crippen LogP contribution < -0.4 is 4.74 Å². The van der Waals surface area contributed by atoms with Gasteiger partial charge in [0.2, 0.25) is 0 Å². The molecule has 0 atom stereocenters. The van der Waals surface area contributed by atoms with Crippen molar-refractivity contribution < 1.29 is 4.74 Å². The first-order chi connectivity index (χ1) is 15.3. The molecule has 0 N–H and O–H groups in total. The van der Waals surface area contributed by atoms with Crippen LogP contribution in [-0.4, -0.2) is 19.7 Å². The van der Waals surface area contributed by atoms with Crippen LogP contribution in [0.2, 0.25) is 0 Å². The van der Waals surface area contributed by atoms with Gasteiger partial charge < -0.3 is 4.74 Å². The lowest BCUT2D eigenvalue weighted by atomic mass is 10.2. The summed E-state index contributed by atoms with van der Waals surface area (Å²) in [5, 5.41) is 12.7. The molecule has 0 bridgehead atoms. The molecular formula is C24H24N4OS2. The monoisotopic (exact) mass is 448 g/mol. The minimum absolute atomic E-state index is 0.363. The predicted octanol–water partition coefficient (Wildman–Crippen LogP) is 6.02. The Hall–Kier alpha value is -2.90. The van der Waals surface area contributed by atoms with E-state index in [-0.39, 0.29) is 0 Å². The Balaban J connectivity index is 1.41. The lowest BCUT2D eigenvalue weighted by Gasteiger charge is -2.09. The van der Waals surface area contributed by atoms with Gasteiger partial charge in [0, 0.05) is 23.2 Å². The Labute approximate surface area is 190 Å². The van der Waals surface area contributed by atoms with Gasteiger partial charge in [-0.1, -0.05) is 67.2 Å². The highest BCUT2D eigenvalue weighted by atomic mass is 32.2. The molecule has 2 aromatic heterocycles. The Kier molecular flexibility index (Phi) is 7.17. The van der Waals surface area contributed by atoms with Crippen molar-refractivity contribution in [1.29, 1.82) is 0 Å². The summed E-state index contributed by atoms with van der Waals surface area (Å²) < 4.78 is 7.97. The van der Waals surface area contributed by atoms with Crippen LogP contribution in [0.15, 0.2) is 77.8 Å². The van der Waals surface area contributed by atoms with Crippen LogP contribution in [0.5, 0.6) is 5.75 Å². The van der Waals surface area contributed by atoms with Crippen LogP contribution >= 0.6 is 23.1 Å². The van der Waals surface area contributed by atoms with Crippen molar-refractivity contribution in [2.75, 3.05) is 0 Å². The van der Waals surface area contributed by atoms with E-state index in [0.29, 0.717) is 13.2 Å². The highest BCUT2D eigenvalue weighted by Crippen LogP contribution is 2.28. The van der Waals surface area contributed by atoms with Crippen LogP contribution in [0, 0.1) is 0 Å². The fourth-order valence-electron chi connectivity index (χ4n) is 3.04. The minimum Gasteiger partial charge on any atom is -0.486 e. The molecule has 0 aliphatic rings. The molecule has 0 fully saturated rings. The van der Waals surface area contributed by atoms with Crippen molar-refractivity contribution in [1.82, 2.24) is 19.7 Å². The van der Waals surface area contributed by atoms with Gasteiger partial charge >= 0.3 is 0 Å². The molecule has 4 rings (SSSR count). The molecule has 0 aliphatic carbocycles. The molecule has 0 unspecified atom stereocenters. The maximum atomic E-state index is 5.93. The van der Waals surface area contributed by atoms with Crippen molar-refractivity contribution in [2.45, 2.75) is 37.4 Å². The summed E-state index contributed by atoms with van der Waals surface area (Å²) in [5.41, 5.74) is 3.47. The van der Waals surface area contributed by atoms with E-state index in [0.717, 1.165) is 45.2 Å². The van der Waals surface area contributed by atoms with E-state index in [2.05, 4.69) is 53.3 Å². The Bertz CT molecular complexity index is 1120. The van der Waals surface area contributed by atoms with E-state index >= 15 is 0 Å². The van der Waals surface area contributed by atoms with Crippen LogP contribution in [-0.2, 0) is 25.3 Å². The number of aromatic nitrogens is 4. The third-order valence-electron chi connectivity index (χ3n) is 4.73. The number of thioether (sulfide) groups is 1. The summed E-state index contributed by atoms with van der Waals surface area (Å²) in [5.74, 6) is 2.35. The third kappa shape index (κ3) is 5.42. The maximum absolute atomic E-state index is 5.93. The fraction of sp³-hybridized carbons (Fsp3) is 0.208.